The van der Waals surface area contributed by atoms with E-state index in [1.165, 1.54) is 24.3 Å². The van der Waals surface area contributed by atoms with E-state index in [0.29, 0.717) is 12.1 Å². The summed E-state index contributed by atoms with van der Waals surface area (Å²) in [4.78, 5) is 25.6. The Morgan fingerprint density at radius 1 is 1.16 bits per heavy atom. The number of nitrogens with zero attached hydrogens (tertiary/aromatic N) is 1. The van der Waals surface area contributed by atoms with E-state index < -0.39 is 5.97 Å². The van der Waals surface area contributed by atoms with Crippen molar-refractivity contribution in [1.29, 1.82) is 0 Å². The van der Waals surface area contributed by atoms with Crippen molar-refractivity contribution in [1.82, 2.24) is 4.90 Å². The summed E-state index contributed by atoms with van der Waals surface area (Å²) < 4.78 is 0. The summed E-state index contributed by atoms with van der Waals surface area (Å²) in [6.45, 7) is 0.553. The van der Waals surface area contributed by atoms with Gasteiger partial charge in [0.25, 0.3) is 5.91 Å². The number of hydrogen-bond donors (Lipinski definition) is 1. The molecule has 19 heavy (non-hydrogen) atoms. The quantitative estimate of drug-likeness (QED) is 0.933. The lowest BCUT2D eigenvalue weighted by Crippen LogP contribution is -2.25. The Morgan fingerprint density at radius 2 is 1.79 bits per heavy atom. The van der Waals surface area contributed by atoms with Crippen molar-refractivity contribution >= 4 is 23.2 Å². The van der Waals surface area contributed by atoms with E-state index >= 15 is 0 Å². The van der Waals surface area contributed by atoms with Crippen LogP contribution in [0, 0.1) is 0 Å². The molecular weight excluding hydrogens is 262 g/mol. The molecule has 1 heterocycles. The van der Waals surface area contributed by atoms with Crippen LogP contribution in [0.1, 0.15) is 25.6 Å². The highest BCUT2D eigenvalue weighted by atomic mass is 32.1. The summed E-state index contributed by atoms with van der Waals surface area (Å²) in [5, 5.41) is 10.8. The predicted octanol–water partition coefficient (Wildman–Crippen LogP) is 2.72. The Kier molecular flexibility index (Phi) is 3.97. The number of thiophene rings is 1. The van der Waals surface area contributed by atoms with E-state index in [9.17, 15) is 9.59 Å². The van der Waals surface area contributed by atoms with Gasteiger partial charge in [-0.1, -0.05) is 6.07 Å². The average Bonchev–Trinajstić information content (AvgIpc) is 2.90. The van der Waals surface area contributed by atoms with Crippen LogP contribution in [0.4, 0.5) is 0 Å². The summed E-state index contributed by atoms with van der Waals surface area (Å²) in [6.07, 6.45) is 0. The summed E-state index contributed by atoms with van der Waals surface area (Å²) in [6, 6.07) is 9.87. The number of carbonyl (C=O) groups excluding carboxylic acids is 1. The molecule has 1 aromatic carbocycles. The predicted molar refractivity (Wildman–Crippen MR) is 73.5 cm³/mol. The Balaban J connectivity index is 2.08. The summed E-state index contributed by atoms with van der Waals surface area (Å²) >= 11 is 1.60. The molecule has 0 saturated heterocycles. The second-order valence-corrected chi connectivity index (χ2v) is 5.16. The minimum absolute atomic E-state index is 0.120. The molecule has 0 bridgehead atoms. The smallest absolute Gasteiger partial charge is 0.335 e. The molecule has 1 N–H and O–H groups in total. The fourth-order valence-electron chi connectivity index (χ4n) is 1.68. The number of hydrogen-bond acceptors (Lipinski definition) is 3. The molecule has 0 saturated carbocycles. The van der Waals surface area contributed by atoms with E-state index in [2.05, 4.69) is 0 Å². The standard InChI is InChI=1S/C14H13NO3S/c1-15(9-12-3-2-8-19-12)13(16)10-4-6-11(7-5-10)14(17)18/h2-8H,9H2,1H3,(H,17,18). The normalized spacial score (nSPS) is 10.2. The van der Waals surface area contributed by atoms with Crippen LogP contribution >= 0.6 is 11.3 Å². The zero-order chi connectivity index (χ0) is 13.8. The third-order valence-corrected chi connectivity index (χ3v) is 3.56. The number of carbonyl (C=O) groups is 2. The first kappa shape index (κ1) is 13.3. The maximum absolute atomic E-state index is 12.1. The molecule has 2 rings (SSSR count). The van der Waals surface area contributed by atoms with Crippen LogP contribution in [-0.2, 0) is 6.54 Å². The molecule has 1 amide bonds. The third kappa shape index (κ3) is 3.20. The van der Waals surface area contributed by atoms with E-state index in [4.69, 9.17) is 5.11 Å². The van der Waals surface area contributed by atoms with Crippen molar-refractivity contribution in [3.63, 3.8) is 0 Å². The number of rotatable bonds is 4. The van der Waals surface area contributed by atoms with Crippen molar-refractivity contribution in [2.24, 2.45) is 0 Å². The first-order valence-corrected chi connectivity index (χ1v) is 6.57. The van der Waals surface area contributed by atoms with Crippen molar-refractivity contribution in [3.05, 3.63) is 57.8 Å². The zero-order valence-electron chi connectivity index (χ0n) is 10.4. The maximum Gasteiger partial charge on any atom is 0.335 e. The van der Waals surface area contributed by atoms with Gasteiger partial charge in [0.1, 0.15) is 0 Å². The fraction of sp³-hybridized carbons (Fsp3) is 0.143. The largest absolute Gasteiger partial charge is 0.478 e. The third-order valence-electron chi connectivity index (χ3n) is 2.70. The summed E-state index contributed by atoms with van der Waals surface area (Å²) in [5.41, 5.74) is 0.668. The maximum atomic E-state index is 12.1. The molecule has 0 spiro atoms. The van der Waals surface area contributed by atoms with Crippen LogP contribution in [0.2, 0.25) is 0 Å². The van der Waals surface area contributed by atoms with Gasteiger partial charge in [0.15, 0.2) is 0 Å². The molecule has 4 nitrogen and oxygen atoms in total. The van der Waals surface area contributed by atoms with Gasteiger partial charge in [0.2, 0.25) is 0 Å². The number of amides is 1. The molecule has 0 aliphatic rings. The average molecular weight is 275 g/mol. The van der Waals surface area contributed by atoms with Gasteiger partial charge in [-0.15, -0.1) is 11.3 Å². The summed E-state index contributed by atoms with van der Waals surface area (Å²) in [7, 11) is 1.73. The molecule has 1 aromatic heterocycles. The van der Waals surface area contributed by atoms with Crippen LogP contribution in [0.15, 0.2) is 41.8 Å². The number of benzene rings is 1. The van der Waals surface area contributed by atoms with Crippen LogP contribution in [-0.4, -0.2) is 28.9 Å². The highest BCUT2D eigenvalue weighted by molar-refractivity contribution is 7.09. The molecule has 5 heteroatoms. The number of carboxylic acids is 1. The lowest BCUT2D eigenvalue weighted by molar-refractivity contribution is 0.0695. The van der Waals surface area contributed by atoms with Gasteiger partial charge in [-0.3, -0.25) is 4.79 Å². The van der Waals surface area contributed by atoms with Gasteiger partial charge in [0, 0.05) is 17.5 Å². The first-order valence-electron chi connectivity index (χ1n) is 5.69. The SMILES string of the molecule is CN(Cc1cccs1)C(=O)c1ccc(C(=O)O)cc1. The fourth-order valence-corrected chi connectivity index (χ4v) is 2.44. The highest BCUT2D eigenvalue weighted by Crippen LogP contribution is 2.13. The zero-order valence-corrected chi connectivity index (χ0v) is 11.2. The van der Waals surface area contributed by atoms with E-state index in [0.717, 1.165) is 4.88 Å². The minimum Gasteiger partial charge on any atom is -0.478 e. The van der Waals surface area contributed by atoms with Crippen LogP contribution in [0.3, 0.4) is 0 Å². The Labute approximate surface area is 114 Å². The topological polar surface area (TPSA) is 57.6 Å². The van der Waals surface area contributed by atoms with Crippen LogP contribution in [0.5, 0.6) is 0 Å². The second kappa shape index (κ2) is 5.67. The van der Waals surface area contributed by atoms with Crippen molar-refractivity contribution in [3.8, 4) is 0 Å². The van der Waals surface area contributed by atoms with Crippen molar-refractivity contribution in [2.45, 2.75) is 6.54 Å². The number of carboxylic acid groups (broad SMARTS) is 1. The van der Waals surface area contributed by atoms with Crippen molar-refractivity contribution < 1.29 is 14.7 Å². The van der Waals surface area contributed by atoms with E-state index in [1.54, 1.807) is 23.3 Å². The van der Waals surface area contributed by atoms with E-state index in [-0.39, 0.29) is 11.5 Å². The molecule has 0 atom stereocenters. The monoisotopic (exact) mass is 275 g/mol. The molecule has 98 valence electrons. The highest BCUT2D eigenvalue weighted by Gasteiger charge is 2.13. The first-order chi connectivity index (χ1) is 9.08. The Hall–Kier alpha value is -2.14. The molecule has 0 unspecified atom stereocenters. The van der Waals surface area contributed by atoms with Crippen LogP contribution < -0.4 is 0 Å². The molecule has 0 radical (unpaired) electrons. The molecule has 0 fully saturated rings. The van der Waals surface area contributed by atoms with Gasteiger partial charge in [-0.2, -0.15) is 0 Å². The Bertz CT molecular complexity index is 575. The molecular formula is C14H13NO3S. The molecule has 2 aromatic rings. The lowest BCUT2D eigenvalue weighted by atomic mass is 10.1. The molecule has 0 aliphatic heterocycles. The van der Waals surface area contributed by atoms with Gasteiger partial charge in [-0.25, -0.2) is 4.79 Å². The Morgan fingerprint density at radius 3 is 2.32 bits per heavy atom. The number of aromatic carboxylic acids is 1. The van der Waals surface area contributed by atoms with Gasteiger partial charge in [-0.05, 0) is 35.7 Å². The van der Waals surface area contributed by atoms with Crippen LogP contribution in [0.25, 0.3) is 0 Å². The lowest BCUT2D eigenvalue weighted by Gasteiger charge is -2.16. The van der Waals surface area contributed by atoms with E-state index in [1.807, 2.05) is 17.5 Å². The van der Waals surface area contributed by atoms with Gasteiger partial charge >= 0.3 is 5.97 Å². The minimum atomic E-state index is -0.995. The van der Waals surface area contributed by atoms with Gasteiger partial charge in [0.05, 0.1) is 12.1 Å². The molecule has 0 aliphatic carbocycles. The van der Waals surface area contributed by atoms with Crippen molar-refractivity contribution in [2.75, 3.05) is 7.05 Å². The van der Waals surface area contributed by atoms with Gasteiger partial charge < -0.3 is 10.0 Å². The summed E-state index contributed by atoms with van der Waals surface area (Å²) in [5.74, 6) is -1.11. The second-order valence-electron chi connectivity index (χ2n) is 4.12.